The lowest BCUT2D eigenvalue weighted by Crippen LogP contribution is -2.12. The molecule has 0 unspecified atom stereocenters. The van der Waals surface area contributed by atoms with Crippen LogP contribution in [0, 0.1) is 0 Å². The Morgan fingerprint density at radius 1 is 1.30 bits per heavy atom. The van der Waals surface area contributed by atoms with Crippen molar-refractivity contribution < 1.29 is 9.84 Å². The number of benzene rings is 1. The van der Waals surface area contributed by atoms with Crippen LogP contribution in [-0.2, 0) is 12.0 Å². The molecule has 0 aliphatic heterocycles. The van der Waals surface area contributed by atoms with Crippen LogP contribution in [0.2, 0.25) is 0 Å². The van der Waals surface area contributed by atoms with Gasteiger partial charge in [-0.3, -0.25) is 0 Å². The van der Waals surface area contributed by atoms with E-state index >= 15 is 0 Å². The number of aromatic nitrogens is 2. The highest BCUT2D eigenvalue weighted by atomic mass is 16.5. The second-order valence-corrected chi connectivity index (χ2v) is 5.77. The first-order valence-corrected chi connectivity index (χ1v) is 6.51. The van der Waals surface area contributed by atoms with E-state index in [0.717, 1.165) is 16.9 Å². The van der Waals surface area contributed by atoms with Crippen LogP contribution in [0.1, 0.15) is 32.0 Å². The SMILES string of the molecule is COc1cc(-n2nc(C(C)(C)C)cc2N)ccc1CO. The summed E-state index contributed by atoms with van der Waals surface area (Å²) < 4.78 is 6.96. The minimum absolute atomic E-state index is 0.0610. The third-order valence-electron chi connectivity index (χ3n) is 3.19. The normalized spacial score (nSPS) is 11.7. The fourth-order valence-electron chi connectivity index (χ4n) is 1.96. The molecule has 2 rings (SSSR count). The molecule has 1 aromatic carbocycles. The summed E-state index contributed by atoms with van der Waals surface area (Å²) in [6, 6.07) is 7.38. The van der Waals surface area contributed by atoms with Crippen molar-refractivity contribution >= 4 is 5.82 Å². The summed E-state index contributed by atoms with van der Waals surface area (Å²) >= 11 is 0. The molecule has 20 heavy (non-hydrogen) atoms. The molecule has 0 spiro atoms. The first kappa shape index (κ1) is 14.4. The molecule has 1 aromatic heterocycles. The molecular formula is C15H21N3O2. The minimum Gasteiger partial charge on any atom is -0.496 e. The Labute approximate surface area is 119 Å². The van der Waals surface area contributed by atoms with Gasteiger partial charge >= 0.3 is 0 Å². The number of nitrogens with zero attached hydrogens (tertiary/aromatic N) is 2. The highest BCUT2D eigenvalue weighted by Gasteiger charge is 2.19. The Hall–Kier alpha value is -2.01. The van der Waals surface area contributed by atoms with Gasteiger partial charge in [-0.2, -0.15) is 5.10 Å². The Balaban J connectivity index is 2.49. The van der Waals surface area contributed by atoms with Crippen LogP contribution in [-0.4, -0.2) is 22.0 Å². The molecule has 108 valence electrons. The molecule has 0 saturated heterocycles. The molecule has 5 heteroatoms. The highest BCUT2D eigenvalue weighted by molar-refractivity contribution is 5.49. The van der Waals surface area contributed by atoms with Crippen molar-refractivity contribution in [3.63, 3.8) is 0 Å². The summed E-state index contributed by atoms with van der Waals surface area (Å²) in [6.07, 6.45) is 0. The standard InChI is InChI=1S/C15H21N3O2/c1-15(2,3)13-8-14(16)18(17-13)11-6-5-10(9-19)12(7-11)20-4/h5-8,19H,9,16H2,1-4H3. The fourth-order valence-corrected chi connectivity index (χ4v) is 1.96. The highest BCUT2D eigenvalue weighted by Crippen LogP contribution is 2.27. The third kappa shape index (κ3) is 2.63. The molecule has 0 atom stereocenters. The van der Waals surface area contributed by atoms with Crippen molar-refractivity contribution in [1.29, 1.82) is 0 Å². The lowest BCUT2D eigenvalue weighted by Gasteiger charge is -2.14. The Bertz CT molecular complexity index is 612. The maximum atomic E-state index is 9.25. The van der Waals surface area contributed by atoms with E-state index < -0.39 is 0 Å². The van der Waals surface area contributed by atoms with E-state index in [9.17, 15) is 5.11 Å². The topological polar surface area (TPSA) is 73.3 Å². The van der Waals surface area contributed by atoms with E-state index in [1.54, 1.807) is 11.8 Å². The predicted molar refractivity (Wildman–Crippen MR) is 79.2 cm³/mol. The minimum atomic E-state index is -0.0642. The van der Waals surface area contributed by atoms with Crippen molar-refractivity contribution in [3.8, 4) is 11.4 Å². The van der Waals surface area contributed by atoms with Gasteiger partial charge in [0.25, 0.3) is 0 Å². The molecule has 3 N–H and O–H groups in total. The maximum Gasteiger partial charge on any atom is 0.127 e. The van der Waals surface area contributed by atoms with E-state index in [-0.39, 0.29) is 12.0 Å². The molecule has 0 bridgehead atoms. The first-order valence-electron chi connectivity index (χ1n) is 6.51. The first-order chi connectivity index (χ1) is 9.36. The maximum absolute atomic E-state index is 9.25. The third-order valence-corrected chi connectivity index (χ3v) is 3.19. The summed E-state index contributed by atoms with van der Waals surface area (Å²) in [5.41, 5.74) is 8.46. The van der Waals surface area contributed by atoms with Gasteiger partial charge in [0.15, 0.2) is 0 Å². The number of aliphatic hydroxyl groups is 1. The molecule has 0 aliphatic carbocycles. The van der Waals surface area contributed by atoms with E-state index in [0.29, 0.717) is 11.6 Å². The van der Waals surface area contributed by atoms with Crippen molar-refractivity contribution in [2.45, 2.75) is 32.8 Å². The van der Waals surface area contributed by atoms with Gasteiger partial charge in [0.05, 0.1) is 25.1 Å². The summed E-state index contributed by atoms with van der Waals surface area (Å²) in [5.74, 6) is 1.20. The molecule has 0 radical (unpaired) electrons. The quantitative estimate of drug-likeness (QED) is 0.901. The summed E-state index contributed by atoms with van der Waals surface area (Å²) in [5, 5.41) is 13.8. The molecule has 2 aromatic rings. The largest absolute Gasteiger partial charge is 0.496 e. The predicted octanol–water partition coefficient (Wildman–Crippen LogP) is 2.25. The zero-order valence-electron chi connectivity index (χ0n) is 12.3. The van der Waals surface area contributed by atoms with Crippen LogP contribution in [0.3, 0.4) is 0 Å². The van der Waals surface area contributed by atoms with Crippen LogP contribution in [0.25, 0.3) is 5.69 Å². The summed E-state index contributed by atoms with van der Waals surface area (Å²) in [4.78, 5) is 0. The number of anilines is 1. The Kier molecular flexibility index (Phi) is 3.72. The van der Waals surface area contributed by atoms with Crippen molar-refractivity contribution in [2.75, 3.05) is 12.8 Å². The average Bonchev–Trinajstić information content (AvgIpc) is 2.80. The summed E-state index contributed by atoms with van der Waals surface area (Å²) in [6.45, 7) is 6.21. The van der Waals surface area contributed by atoms with E-state index in [1.165, 1.54) is 0 Å². The van der Waals surface area contributed by atoms with E-state index in [4.69, 9.17) is 10.5 Å². The molecule has 0 fully saturated rings. The van der Waals surface area contributed by atoms with Crippen LogP contribution in [0.5, 0.6) is 5.75 Å². The second kappa shape index (κ2) is 5.17. The van der Waals surface area contributed by atoms with E-state index in [2.05, 4.69) is 25.9 Å². The lowest BCUT2D eigenvalue weighted by molar-refractivity contribution is 0.274. The molecule has 5 nitrogen and oxygen atoms in total. The van der Waals surface area contributed by atoms with Gasteiger partial charge in [-0.15, -0.1) is 0 Å². The Morgan fingerprint density at radius 2 is 2.00 bits per heavy atom. The average molecular weight is 275 g/mol. The van der Waals surface area contributed by atoms with Gasteiger partial charge in [-0.05, 0) is 6.07 Å². The van der Waals surface area contributed by atoms with Gasteiger partial charge in [0, 0.05) is 23.1 Å². The van der Waals surface area contributed by atoms with Gasteiger partial charge < -0.3 is 15.6 Å². The van der Waals surface area contributed by atoms with Gasteiger partial charge in [0.2, 0.25) is 0 Å². The Morgan fingerprint density at radius 3 is 2.50 bits per heavy atom. The number of aliphatic hydroxyl groups excluding tert-OH is 1. The lowest BCUT2D eigenvalue weighted by atomic mass is 9.92. The van der Waals surface area contributed by atoms with Gasteiger partial charge in [-0.1, -0.05) is 26.8 Å². The molecule has 1 heterocycles. The van der Waals surface area contributed by atoms with Gasteiger partial charge in [-0.25, -0.2) is 4.68 Å². The number of ether oxygens (including phenoxy) is 1. The number of hydrogen-bond donors (Lipinski definition) is 2. The molecule has 0 saturated carbocycles. The van der Waals surface area contributed by atoms with Crippen molar-refractivity contribution in [1.82, 2.24) is 9.78 Å². The molecule has 0 aliphatic rings. The second-order valence-electron chi connectivity index (χ2n) is 5.77. The van der Waals surface area contributed by atoms with Crippen LogP contribution in [0.15, 0.2) is 24.3 Å². The number of nitrogens with two attached hydrogens (primary N) is 1. The van der Waals surface area contributed by atoms with Crippen molar-refractivity contribution in [2.24, 2.45) is 0 Å². The molecule has 0 amide bonds. The number of rotatable bonds is 3. The fraction of sp³-hybridized carbons (Fsp3) is 0.400. The van der Waals surface area contributed by atoms with Crippen LogP contribution < -0.4 is 10.5 Å². The smallest absolute Gasteiger partial charge is 0.127 e. The summed E-state index contributed by atoms with van der Waals surface area (Å²) in [7, 11) is 1.57. The number of methoxy groups -OCH3 is 1. The number of nitrogen functional groups attached to an aromatic ring is 1. The number of hydrogen-bond acceptors (Lipinski definition) is 4. The zero-order chi connectivity index (χ0) is 14.9. The molecular weight excluding hydrogens is 254 g/mol. The zero-order valence-corrected chi connectivity index (χ0v) is 12.3. The van der Waals surface area contributed by atoms with E-state index in [1.807, 2.05) is 24.3 Å². The van der Waals surface area contributed by atoms with Crippen LogP contribution >= 0.6 is 0 Å². The monoisotopic (exact) mass is 275 g/mol. The van der Waals surface area contributed by atoms with Crippen LogP contribution in [0.4, 0.5) is 5.82 Å². The van der Waals surface area contributed by atoms with Crippen molar-refractivity contribution in [3.05, 3.63) is 35.5 Å². The van der Waals surface area contributed by atoms with Gasteiger partial charge in [0.1, 0.15) is 11.6 Å².